The van der Waals surface area contributed by atoms with E-state index in [2.05, 4.69) is 47.8 Å². The summed E-state index contributed by atoms with van der Waals surface area (Å²) >= 11 is 0. The van der Waals surface area contributed by atoms with Gasteiger partial charge in [-0.3, -0.25) is 4.68 Å². The van der Waals surface area contributed by atoms with Gasteiger partial charge in [0.25, 0.3) is 0 Å². The minimum atomic E-state index is -0.143. The van der Waals surface area contributed by atoms with Crippen LogP contribution in [0.4, 0.5) is 4.79 Å². The Hall–Kier alpha value is -2.34. The van der Waals surface area contributed by atoms with Crippen molar-refractivity contribution in [1.29, 1.82) is 0 Å². The number of nitrogens with one attached hydrogen (secondary N) is 2. The third-order valence-electron chi connectivity index (χ3n) is 4.70. The van der Waals surface area contributed by atoms with Gasteiger partial charge in [0.1, 0.15) is 0 Å². The number of carbonyl (C=O) groups excluding carboxylic acids is 1. The van der Waals surface area contributed by atoms with E-state index < -0.39 is 0 Å². The van der Waals surface area contributed by atoms with Gasteiger partial charge in [-0.1, -0.05) is 30.7 Å². The van der Waals surface area contributed by atoms with Gasteiger partial charge in [0.2, 0.25) is 0 Å². The fourth-order valence-electron chi connectivity index (χ4n) is 3.36. The number of hydrogen-bond donors (Lipinski definition) is 2. The zero-order chi connectivity index (χ0) is 17.8. The second-order valence-electron chi connectivity index (χ2n) is 6.79. The predicted octanol–water partition coefficient (Wildman–Crippen LogP) is 2.57. The van der Waals surface area contributed by atoms with Crippen molar-refractivity contribution in [3.05, 3.63) is 52.8 Å². The van der Waals surface area contributed by atoms with Crippen molar-refractivity contribution in [2.24, 2.45) is 5.92 Å². The highest BCUT2D eigenvalue weighted by Gasteiger charge is 2.30. The van der Waals surface area contributed by atoms with Gasteiger partial charge in [-0.2, -0.15) is 5.10 Å². The van der Waals surface area contributed by atoms with E-state index in [0.717, 1.165) is 12.0 Å². The lowest BCUT2D eigenvalue weighted by atomic mass is 10.0. The van der Waals surface area contributed by atoms with Crippen LogP contribution < -0.4 is 10.6 Å². The number of urea groups is 1. The number of amides is 2. The topological polar surface area (TPSA) is 68.2 Å². The Kier molecular flexibility index (Phi) is 5.38. The van der Waals surface area contributed by atoms with E-state index in [1.54, 1.807) is 13.3 Å². The maximum atomic E-state index is 12.3. The van der Waals surface area contributed by atoms with E-state index in [1.807, 2.05) is 10.9 Å². The van der Waals surface area contributed by atoms with E-state index in [-0.39, 0.29) is 12.1 Å². The van der Waals surface area contributed by atoms with Gasteiger partial charge in [-0.15, -0.1) is 0 Å². The molecule has 0 spiro atoms. The van der Waals surface area contributed by atoms with Crippen LogP contribution in [0, 0.1) is 12.8 Å². The molecule has 3 rings (SSSR count). The van der Waals surface area contributed by atoms with Gasteiger partial charge in [-0.05, 0) is 30.4 Å². The summed E-state index contributed by atoms with van der Waals surface area (Å²) in [5.74, 6) is 0.402. The van der Waals surface area contributed by atoms with Crippen molar-refractivity contribution < 1.29 is 9.53 Å². The van der Waals surface area contributed by atoms with Crippen LogP contribution in [-0.2, 0) is 24.2 Å². The van der Waals surface area contributed by atoms with Crippen molar-refractivity contribution in [3.8, 4) is 0 Å². The highest BCUT2D eigenvalue weighted by atomic mass is 16.5. The molecular weight excluding hydrogens is 316 g/mol. The number of hydrogen-bond acceptors (Lipinski definition) is 3. The number of methoxy groups -OCH3 is 1. The van der Waals surface area contributed by atoms with Crippen LogP contribution in [-0.4, -0.2) is 29.5 Å². The van der Waals surface area contributed by atoms with E-state index in [9.17, 15) is 4.79 Å². The molecule has 134 valence electrons. The molecule has 6 nitrogen and oxygen atoms in total. The van der Waals surface area contributed by atoms with Crippen LogP contribution in [0.3, 0.4) is 0 Å². The van der Waals surface area contributed by atoms with Crippen LogP contribution >= 0.6 is 0 Å². The molecule has 1 aromatic carbocycles. The predicted molar refractivity (Wildman–Crippen MR) is 96.3 cm³/mol. The monoisotopic (exact) mass is 342 g/mol. The summed E-state index contributed by atoms with van der Waals surface area (Å²) in [7, 11) is 1.67. The molecule has 0 radical (unpaired) electrons. The Morgan fingerprint density at radius 2 is 2.28 bits per heavy atom. The van der Waals surface area contributed by atoms with Crippen molar-refractivity contribution in [2.75, 3.05) is 13.7 Å². The molecule has 0 unspecified atom stereocenters. The summed E-state index contributed by atoms with van der Waals surface area (Å²) in [6.45, 7) is 6.05. The first kappa shape index (κ1) is 17.5. The summed E-state index contributed by atoms with van der Waals surface area (Å²) in [4.78, 5) is 12.3. The largest absolute Gasteiger partial charge is 0.383 e. The van der Waals surface area contributed by atoms with Crippen LogP contribution in [0.1, 0.15) is 35.2 Å². The third kappa shape index (κ3) is 4.20. The number of fused-ring (bicyclic) bond motifs is 1. The van der Waals surface area contributed by atoms with Crippen LogP contribution in [0.5, 0.6) is 0 Å². The fourth-order valence-corrected chi connectivity index (χ4v) is 3.36. The molecule has 1 aromatic heterocycles. The van der Waals surface area contributed by atoms with E-state index in [1.165, 1.54) is 16.7 Å². The first-order valence-electron chi connectivity index (χ1n) is 8.71. The first-order chi connectivity index (χ1) is 12.1. The van der Waals surface area contributed by atoms with Crippen molar-refractivity contribution >= 4 is 6.03 Å². The van der Waals surface area contributed by atoms with Gasteiger partial charge >= 0.3 is 6.03 Å². The smallest absolute Gasteiger partial charge is 0.315 e. The van der Waals surface area contributed by atoms with Crippen molar-refractivity contribution in [3.63, 3.8) is 0 Å². The Balaban J connectivity index is 1.55. The second-order valence-corrected chi connectivity index (χ2v) is 6.79. The van der Waals surface area contributed by atoms with E-state index >= 15 is 0 Å². The van der Waals surface area contributed by atoms with E-state index in [0.29, 0.717) is 25.6 Å². The molecular formula is C19H26N4O2. The number of nitrogens with zero attached hydrogens (tertiary/aromatic N) is 2. The highest BCUT2D eigenvalue weighted by Crippen LogP contribution is 2.36. The molecule has 6 heteroatoms. The van der Waals surface area contributed by atoms with Gasteiger partial charge < -0.3 is 15.4 Å². The molecule has 2 N–H and O–H groups in total. The maximum Gasteiger partial charge on any atom is 0.315 e. The average Bonchev–Trinajstić information content (AvgIpc) is 3.16. The minimum absolute atomic E-state index is 0.0688. The molecule has 0 aliphatic heterocycles. The quantitative estimate of drug-likeness (QED) is 0.848. The van der Waals surface area contributed by atoms with Gasteiger partial charge in [-0.25, -0.2) is 4.79 Å². The molecule has 1 aliphatic rings. The molecule has 0 saturated carbocycles. The number of ether oxygens (including phenoxy) is 1. The van der Waals surface area contributed by atoms with Gasteiger partial charge in [0.05, 0.1) is 25.4 Å². The third-order valence-corrected chi connectivity index (χ3v) is 4.70. The van der Waals surface area contributed by atoms with Crippen LogP contribution in [0.2, 0.25) is 0 Å². The van der Waals surface area contributed by atoms with Crippen molar-refractivity contribution in [1.82, 2.24) is 20.4 Å². The Bertz CT molecular complexity index is 741. The second kappa shape index (κ2) is 7.70. The Morgan fingerprint density at radius 3 is 3.08 bits per heavy atom. The fraction of sp³-hybridized carbons (Fsp3) is 0.474. The molecule has 0 fully saturated rings. The molecule has 2 amide bonds. The molecule has 0 saturated heterocycles. The molecule has 1 aliphatic carbocycles. The standard InChI is InChI=1S/C19H26N4O2/c1-13-4-5-16-9-14(2)18(17(16)8-13)22-19(24)20-10-15-11-21-23(12-15)6-7-25-3/h4-5,8,11-12,14,18H,6-7,9-10H2,1-3H3,(H2,20,22,24)/t14-,18+/m0/s1. The van der Waals surface area contributed by atoms with Crippen molar-refractivity contribution in [2.45, 2.75) is 39.4 Å². The van der Waals surface area contributed by atoms with Crippen LogP contribution in [0.25, 0.3) is 0 Å². The summed E-state index contributed by atoms with van der Waals surface area (Å²) in [6, 6.07) is 6.42. The average molecular weight is 342 g/mol. The van der Waals surface area contributed by atoms with E-state index in [4.69, 9.17) is 4.74 Å². The maximum absolute atomic E-state index is 12.3. The Morgan fingerprint density at radius 1 is 1.44 bits per heavy atom. The lowest BCUT2D eigenvalue weighted by Crippen LogP contribution is -2.38. The summed E-state index contributed by atoms with van der Waals surface area (Å²) in [5.41, 5.74) is 4.78. The zero-order valence-corrected chi connectivity index (χ0v) is 15.1. The first-order valence-corrected chi connectivity index (χ1v) is 8.71. The molecule has 25 heavy (non-hydrogen) atoms. The summed E-state index contributed by atoms with van der Waals surface area (Å²) in [5, 5.41) is 10.3. The number of carbonyl (C=O) groups is 1. The number of aryl methyl sites for hydroxylation is 1. The lowest BCUT2D eigenvalue weighted by molar-refractivity contribution is 0.183. The Labute approximate surface area is 148 Å². The number of aromatic nitrogens is 2. The van der Waals surface area contributed by atoms with Gasteiger partial charge in [0, 0.05) is 25.4 Å². The lowest BCUT2D eigenvalue weighted by Gasteiger charge is -2.19. The summed E-state index contributed by atoms with van der Waals surface area (Å²) in [6.07, 6.45) is 4.70. The van der Waals surface area contributed by atoms with Crippen LogP contribution in [0.15, 0.2) is 30.6 Å². The zero-order valence-electron chi connectivity index (χ0n) is 15.1. The minimum Gasteiger partial charge on any atom is -0.383 e. The molecule has 2 aromatic rings. The molecule has 0 bridgehead atoms. The summed E-state index contributed by atoms with van der Waals surface area (Å²) < 4.78 is 6.85. The normalized spacial score (nSPS) is 18.8. The number of rotatable bonds is 6. The molecule has 1 heterocycles. The number of benzene rings is 1. The highest BCUT2D eigenvalue weighted by molar-refractivity contribution is 5.74. The molecule has 2 atom stereocenters. The SMILES string of the molecule is COCCn1cc(CNC(=O)N[C@H]2c3cc(C)ccc3C[C@@H]2C)cn1. The van der Waals surface area contributed by atoms with Gasteiger partial charge in [0.15, 0.2) is 0 Å².